The molecule has 1 aromatic heterocycles. The van der Waals surface area contributed by atoms with Gasteiger partial charge in [-0.3, -0.25) is 14.9 Å². The summed E-state index contributed by atoms with van der Waals surface area (Å²) < 4.78 is 0. The number of rotatable bonds is 6. The molecule has 0 atom stereocenters. The molecule has 1 heterocycles. The number of benzene rings is 1. The number of aromatic nitrogens is 1. The van der Waals surface area contributed by atoms with Crippen LogP contribution < -0.4 is 0 Å². The van der Waals surface area contributed by atoms with Crippen molar-refractivity contribution in [3.05, 3.63) is 44.8 Å². The molecule has 7 heteroatoms. The second-order valence-corrected chi connectivity index (χ2v) is 5.62. The zero-order valence-corrected chi connectivity index (χ0v) is 12.2. The quantitative estimate of drug-likeness (QED) is 0.503. The molecule has 104 valence electrons. The molecule has 0 spiro atoms. The van der Waals surface area contributed by atoms with E-state index in [4.69, 9.17) is 0 Å². The number of thiazole rings is 1. The Balaban J connectivity index is 2.04. The molecule has 20 heavy (non-hydrogen) atoms. The summed E-state index contributed by atoms with van der Waals surface area (Å²) >= 11 is 5.25. The highest BCUT2D eigenvalue weighted by Gasteiger charge is 2.08. The average Bonchev–Trinajstić information content (AvgIpc) is 2.87. The van der Waals surface area contributed by atoms with Gasteiger partial charge in [-0.2, -0.15) is 0 Å². The molecule has 1 aromatic carbocycles. The molecule has 2 aromatic rings. The maximum absolute atomic E-state index is 10.7. The lowest BCUT2D eigenvalue weighted by Crippen LogP contribution is -1.90. The molecule has 0 bridgehead atoms. The SMILES string of the molecule is O=C(S)CCCc1nc(-c2ccc([N+](=O)[O-])cc2)cs1. The first kappa shape index (κ1) is 14.7. The van der Waals surface area contributed by atoms with Gasteiger partial charge in [-0.05, 0) is 25.0 Å². The minimum absolute atomic E-state index is 0.0662. The van der Waals surface area contributed by atoms with Gasteiger partial charge in [-0.1, -0.05) is 0 Å². The van der Waals surface area contributed by atoms with Gasteiger partial charge >= 0.3 is 0 Å². The van der Waals surface area contributed by atoms with E-state index in [0.717, 1.165) is 29.1 Å². The van der Waals surface area contributed by atoms with Gasteiger partial charge in [0.2, 0.25) is 0 Å². The predicted octanol–water partition coefficient (Wildman–Crippen LogP) is 3.50. The summed E-state index contributed by atoms with van der Waals surface area (Å²) in [7, 11) is 0. The normalized spacial score (nSPS) is 10.4. The number of nitro groups is 1. The Hall–Kier alpha value is -1.73. The van der Waals surface area contributed by atoms with Gasteiger partial charge in [0.05, 0.1) is 15.6 Å². The van der Waals surface area contributed by atoms with Crippen LogP contribution in [-0.4, -0.2) is 15.0 Å². The number of nitro benzene ring substituents is 1. The Kier molecular flexibility index (Phi) is 4.86. The highest BCUT2D eigenvalue weighted by Crippen LogP contribution is 2.24. The van der Waals surface area contributed by atoms with E-state index in [2.05, 4.69) is 17.6 Å². The maximum Gasteiger partial charge on any atom is 0.269 e. The molecule has 0 fully saturated rings. The first-order valence-corrected chi connectivity index (χ1v) is 7.30. The van der Waals surface area contributed by atoms with Gasteiger partial charge in [-0.15, -0.1) is 24.0 Å². The van der Waals surface area contributed by atoms with Crippen LogP contribution in [0.15, 0.2) is 29.6 Å². The van der Waals surface area contributed by atoms with Crippen LogP contribution in [0.4, 0.5) is 5.69 Å². The molecular formula is C13H12N2O3S2. The molecule has 5 nitrogen and oxygen atoms in total. The molecule has 2 rings (SSSR count). The molecule has 0 saturated heterocycles. The van der Waals surface area contributed by atoms with Gasteiger partial charge in [-0.25, -0.2) is 4.98 Å². The lowest BCUT2D eigenvalue weighted by molar-refractivity contribution is -0.384. The highest BCUT2D eigenvalue weighted by atomic mass is 32.1. The predicted molar refractivity (Wildman–Crippen MR) is 81.1 cm³/mol. The second-order valence-electron chi connectivity index (χ2n) is 4.18. The van der Waals surface area contributed by atoms with Crippen molar-refractivity contribution in [1.29, 1.82) is 0 Å². The third-order valence-corrected chi connectivity index (χ3v) is 3.84. The number of carbonyl (C=O) groups excluding carboxylic acids is 1. The van der Waals surface area contributed by atoms with E-state index in [0.29, 0.717) is 6.42 Å². The number of carbonyl (C=O) groups is 1. The van der Waals surface area contributed by atoms with Crippen molar-refractivity contribution < 1.29 is 9.72 Å². The fourth-order valence-electron chi connectivity index (χ4n) is 1.70. The van der Waals surface area contributed by atoms with Crippen molar-refractivity contribution in [3.8, 4) is 11.3 Å². The van der Waals surface area contributed by atoms with Crippen LogP contribution in [0.3, 0.4) is 0 Å². The zero-order chi connectivity index (χ0) is 14.5. The number of aryl methyl sites for hydroxylation is 1. The fourth-order valence-corrected chi connectivity index (χ4v) is 2.71. The van der Waals surface area contributed by atoms with E-state index in [9.17, 15) is 14.9 Å². The Labute approximate surface area is 125 Å². The molecule has 0 aliphatic carbocycles. The monoisotopic (exact) mass is 308 g/mol. The molecule has 0 unspecified atom stereocenters. The van der Waals surface area contributed by atoms with Crippen LogP contribution in [0.5, 0.6) is 0 Å². The highest BCUT2D eigenvalue weighted by molar-refractivity contribution is 7.96. The van der Waals surface area contributed by atoms with Crippen LogP contribution >= 0.6 is 24.0 Å². The first-order valence-electron chi connectivity index (χ1n) is 5.97. The summed E-state index contributed by atoms with van der Waals surface area (Å²) in [5, 5.41) is 13.3. The number of thiol groups is 1. The van der Waals surface area contributed by atoms with Gasteiger partial charge < -0.3 is 0 Å². The summed E-state index contributed by atoms with van der Waals surface area (Å²) in [6, 6.07) is 6.31. The van der Waals surface area contributed by atoms with Crippen molar-refractivity contribution in [1.82, 2.24) is 4.98 Å². The molecule has 0 aliphatic rings. The zero-order valence-electron chi connectivity index (χ0n) is 10.5. The van der Waals surface area contributed by atoms with E-state index in [-0.39, 0.29) is 10.8 Å². The molecule has 0 N–H and O–H groups in total. The second kappa shape index (κ2) is 6.62. The average molecular weight is 308 g/mol. The van der Waals surface area contributed by atoms with Crippen molar-refractivity contribution in [2.75, 3.05) is 0 Å². The van der Waals surface area contributed by atoms with Crippen molar-refractivity contribution in [3.63, 3.8) is 0 Å². The van der Waals surface area contributed by atoms with E-state index < -0.39 is 4.92 Å². The molecular weight excluding hydrogens is 296 g/mol. The third kappa shape index (κ3) is 3.88. The smallest absolute Gasteiger partial charge is 0.269 e. The summed E-state index contributed by atoms with van der Waals surface area (Å²) in [5.74, 6) is 0. The van der Waals surface area contributed by atoms with Crippen molar-refractivity contribution in [2.24, 2.45) is 0 Å². The van der Waals surface area contributed by atoms with Crippen LogP contribution in [0, 0.1) is 10.1 Å². The maximum atomic E-state index is 10.7. The van der Waals surface area contributed by atoms with Crippen LogP contribution in [0.2, 0.25) is 0 Å². The lowest BCUT2D eigenvalue weighted by Gasteiger charge is -1.96. The summed E-state index contributed by atoms with van der Waals surface area (Å²) in [5.41, 5.74) is 1.72. The van der Waals surface area contributed by atoms with Gasteiger partial charge in [0, 0.05) is 29.5 Å². The molecule has 0 aliphatic heterocycles. The van der Waals surface area contributed by atoms with E-state index in [1.807, 2.05) is 5.38 Å². The standard InChI is InChI=1S/C13H12N2O3S2/c16-13(19)3-1-2-12-14-11(8-20-12)9-4-6-10(7-5-9)15(17)18/h4-8H,1-3H2,(H,16,19). The molecule has 0 amide bonds. The van der Waals surface area contributed by atoms with Crippen LogP contribution in [0.1, 0.15) is 17.8 Å². The number of nitrogens with zero attached hydrogens (tertiary/aromatic N) is 2. The molecule has 0 saturated carbocycles. The summed E-state index contributed by atoms with van der Waals surface area (Å²) in [6.07, 6.45) is 1.91. The topological polar surface area (TPSA) is 73.1 Å². The first-order chi connectivity index (χ1) is 9.56. The lowest BCUT2D eigenvalue weighted by atomic mass is 10.1. The van der Waals surface area contributed by atoms with Gasteiger partial charge in [0.25, 0.3) is 5.69 Å². The van der Waals surface area contributed by atoms with Crippen LogP contribution in [-0.2, 0) is 11.2 Å². The number of non-ortho nitro benzene ring substituents is 1. The Bertz CT molecular complexity index is 623. The fraction of sp³-hybridized carbons (Fsp3) is 0.231. The summed E-state index contributed by atoms with van der Waals surface area (Å²) in [4.78, 5) is 25.4. The Morgan fingerprint density at radius 1 is 1.35 bits per heavy atom. The van der Waals surface area contributed by atoms with Gasteiger partial charge in [0.15, 0.2) is 5.12 Å². The van der Waals surface area contributed by atoms with Gasteiger partial charge in [0.1, 0.15) is 0 Å². The Morgan fingerprint density at radius 3 is 2.65 bits per heavy atom. The van der Waals surface area contributed by atoms with E-state index >= 15 is 0 Å². The minimum Gasteiger partial charge on any atom is -0.288 e. The summed E-state index contributed by atoms with van der Waals surface area (Å²) in [6.45, 7) is 0. The number of hydrogen-bond donors (Lipinski definition) is 1. The van der Waals surface area contributed by atoms with Crippen LogP contribution in [0.25, 0.3) is 11.3 Å². The molecule has 0 radical (unpaired) electrons. The Morgan fingerprint density at radius 2 is 2.05 bits per heavy atom. The van der Waals surface area contributed by atoms with Crippen molar-refractivity contribution in [2.45, 2.75) is 19.3 Å². The number of hydrogen-bond acceptors (Lipinski definition) is 5. The van der Waals surface area contributed by atoms with E-state index in [1.165, 1.54) is 23.5 Å². The third-order valence-electron chi connectivity index (χ3n) is 2.71. The minimum atomic E-state index is -0.426. The van der Waals surface area contributed by atoms with E-state index in [1.54, 1.807) is 12.1 Å². The largest absolute Gasteiger partial charge is 0.288 e. The van der Waals surface area contributed by atoms with Crippen molar-refractivity contribution >= 4 is 34.8 Å².